The van der Waals surface area contributed by atoms with E-state index >= 15 is 0 Å². The number of ether oxygens (including phenoxy) is 1. The molecule has 1 aliphatic carbocycles. The summed E-state index contributed by atoms with van der Waals surface area (Å²) >= 11 is 0. The fraction of sp³-hybridized carbons (Fsp3) is 0.588. The zero-order valence-electron chi connectivity index (χ0n) is 12.7. The zero-order valence-corrected chi connectivity index (χ0v) is 12.7. The predicted octanol–water partition coefficient (Wildman–Crippen LogP) is 3.03. The summed E-state index contributed by atoms with van der Waals surface area (Å²) in [6, 6.07) is 8.25. The molecular weight excluding hydrogens is 250 g/mol. The van der Waals surface area contributed by atoms with Crippen molar-refractivity contribution in [1.29, 1.82) is 0 Å². The van der Waals surface area contributed by atoms with Crippen molar-refractivity contribution in [2.45, 2.75) is 45.6 Å². The number of aryl methyl sites for hydroxylation is 1. The van der Waals surface area contributed by atoms with Gasteiger partial charge in [-0.15, -0.1) is 0 Å². The lowest BCUT2D eigenvalue weighted by molar-refractivity contribution is -0.151. The lowest BCUT2D eigenvalue weighted by Crippen LogP contribution is -2.48. The molecule has 110 valence electrons. The van der Waals surface area contributed by atoms with Crippen molar-refractivity contribution in [3.8, 4) is 0 Å². The molecule has 20 heavy (non-hydrogen) atoms. The SMILES string of the molecule is CCOC(=O)C(C)(NCC1CC1)c1ccc(CC)cc1. The molecule has 0 aliphatic heterocycles. The number of nitrogens with one attached hydrogen (secondary N) is 1. The Kier molecular flexibility index (Phi) is 4.81. The van der Waals surface area contributed by atoms with Crippen LogP contribution in [0.2, 0.25) is 0 Å². The van der Waals surface area contributed by atoms with Gasteiger partial charge in [0.05, 0.1) is 6.61 Å². The van der Waals surface area contributed by atoms with Crippen LogP contribution in [0.3, 0.4) is 0 Å². The summed E-state index contributed by atoms with van der Waals surface area (Å²) in [5.74, 6) is 0.531. The first-order valence-electron chi connectivity index (χ1n) is 7.61. The molecule has 1 atom stereocenters. The van der Waals surface area contributed by atoms with Gasteiger partial charge in [-0.2, -0.15) is 0 Å². The van der Waals surface area contributed by atoms with Gasteiger partial charge in [0.15, 0.2) is 0 Å². The molecule has 1 aromatic carbocycles. The zero-order chi connectivity index (χ0) is 14.6. The van der Waals surface area contributed by atoms with E-state index in [1.807, 2.05) is 26.0 Å². The molecular formula is C17H25NO2. The number of hydrogen-bond donors (Lipinski definition) is 1. The van der Waals surface area contributed by atoms with Crippen LogP contribution in [0.15, 0.2) is 24.3 Å². The molecule has 1 aromatic rings. The maximum atomic E-state index is 12.4. The van der Waals surface area contributed by atoms with E-state index in [9.17, 15) is 4.79 Å². The Hall–Kier alpha value is -1.35. The second-order valence-electron chi connectivity index (χ2n) is 5.72. The molecule has 0 aromatic heterocycles. The van der Waals surface area contributed by atoms with Crippen LogP contribution in [-0.2, 0) is 21.5 Å². The average Bonchev–Trinajstić information content (AvgIpc) is 3.29. The molecule has 2 rings (SSSR count). The molecule has 1 fully saturated rings. The number of benzene rings is 1. The van der Waals surface area contributed by atoms with Crippen LogP contribution >= 0.6 is 0 Å². The van der Waals surface area contributed by atoms with Crippen molar-refractivity contribution in [2.75, 3.05) is 13.2 Å². The van der Waals surface area contributed by atoms with E-state index in [2.05, 4.69) is 24.4 Å². The first kappa shape index (κ1) is 15.0. The van der Waals surface area contributed by atoms with Gasteiger partial charge in [-0.25, -0.2) is 4.79 Å². The molecule has 0 radical (unpaired) electrons. The molecule has 3 heteroatoms. The molecule has 0 spiro atoms. The van der Waals surface area contributed by atoms with E-state index in [-0.39, 0.29) is 5.97 Å². The van der Waals surface area contributed by atoms with Gasteiger partial charge in [0.2, 0.25) is 0 Å². The van der Waals surface area contributed by atoms with E-state index in [4.69, 9.17) is 4.74 Å². The maximum Gasteiger partial charge on any atom is 0.330 e. The van der Waals surface area contributed by atoms with Crippen molar-refractivity contribution < 1.29 is 9.53 Å². The highest BCUT2D eigenvalue weighted by Crippen LogP contribution is 2.30. The number of rotatable bonds is 7. The summed E-state index contributed by atoms with van der Waals surface area (Å²) in [6.07, 6.45) is 3.53. The first-order valence-corrected chi connectivity index (χ1v) is 7.61. The average molecular weight is 275 g/mol. The predicted molar refractivity (Wildman–Crippen MR) is 80.5 cm³/mol. The normalized spacial score (nSPS) is 17.6. The summed E-state index contributed by atoms with van der Waals surface area (Å²) in [7, 11) is 0. The molecule has 0 amide bonds. The third-order valence-corrected chi connectivity index (χ3v) is 4.06. The standard InChI is InChI=1S/C17H25NO2/c1-4-13-8-10-15(11-9-13)17(3,16(19)20-5-2)18-12-14-6-7-14/h8-11,14,18H,4-7,12H2,1-3H3. The second kappa shape index (κ2) is 6.40. The Bertz CT molecular complexity index is 451. The summed E-state index contributed by atoms with van der Waals surface area (Å²) in [5.41, 5.74) is 1.51. The van der Waals surface area contributed by atoms with Crippen LogP contribution in [0.4, 0.5) is 0 Å². The Morgan fingerprint density at radius 3 is 2.45 bits per heavy atom. The minimum atomic E-state index is -0.745. The lowest BCUT2D eigenvalue weighted by Gasteiger charge is -2.29. The Balaban J connectivity index is 2.19. The number of esters is 1. The van der Waals surface area contributed by atoms with E-state index < -0.39 is 5.54 Å². The molecule has 0 heterocycles. The topological polar surface area (TPSA) is 38.3 Å². The Morgan fingerprint density at radius 1 is 1.30 bits per heavy atom. The monoisotopic (exact) mass is 275 g/mol. The highest BCUT2D eigenvalue weighted by molar-refractivity contribution is 5.82. The lowest BCUT2D eigenvalue weighted by atomic mass is 9.90. The smallest absolute Gasteiger partial charge is 0.330 e. The van der Waals surface area contributed by atoms with Crippen molar-refractivity contribution >= 4 is 5.97 Å². The van der Waals surface area contributed by atoms with Gasteiger partial charge in [-0.3, -0.25) is 5.32 Å². The number of carbonyl (C=O) groups is 1. The van der Waals surface area contributed by atoms with Crippen LogP contribution in [0.1, 0.15) is 44.7 Å². The van der Waals surface area contributed by atoms with Crippen molar-refractivity contribution in [3.05, 3.63) is 35.4 Å². The number of carbonyl (C=O) groups excluding carboxylic acids is 1. The minimum absolute atomic E-state index is 0.190. The third-order valence-electron chi connectivity index (χ3n) is 4.06. The second-order valence-corrected chi connectivity index (χ2v) is 5.72. The molecule has 3 nitrogen and oxygen atoms in total. The Labute approximate surface area is 121 Å². The quantitative estimate of drug-likeness (QED) is 0.777. The molecule has 1 N–H and O–H groups in total. The highest BCUT2D eigenvalue weighted by atomic mass is 16.5. The van der Waals surface area contributed by atoms with Gasteiger partial charge in [-0.05, 0) is 56.7 Å². The summed E-state index contributed by atoms with van der Waals surface area (Å²) in [6.45, 7) is 7.19. The molecule has 0 saturated heterocycles. The first-order chi connectivity index (χ1) is 9.60. The number of hydrogen-bond acceptors (Lipinski definition) is 3. The third kappa shape index (κ3) is 3.40. The fourth-order valence-corrected chi connectivity index (χ4v) is 2.31. The van der Waals surface area contributed by atoms with Gasteiger partial charge in [0, 0.05) is 0 Å². The highest BCUT2D eigenvalue weighted by Gasteiger charge is 2.37. The van der Waals surface area contributed by atoms with Crippen LogP contribution in [-0.4, -0.2) is 19.1 Å². The van der Waals surface area contributed by atoms with Crippen LogP contribution in [0.25, 0.3) is 0 Å². The van der Waals surface area contributed by atoms with Crippen LogP contribution in [0, 0.1) is 5.92 Å². The van der Waals surface area contributed by atoms with E-state index in [0.29, 0.717) is 6.61 Å². The van der Waals surface area contributed by atoms with Crippen LogP contribution in [0.5, 0.6) is 0 Å². The fourth-order valence-electron chi connectivity index (χ4n) is 2.31. The summed E-state index contributed by atoms with van der Waals surface area (Å²) in [5, 5.41) is 3.42. The molecule has 1 saturated carbocycles. The van der Waals surface area contributed by atoms with Gasteiger partial charge in [0.25, 0.3) is 0 Å². The summed E-state index contributed by atoms with van der Waals surface area (Å²) in [4.78, 5) is 12.4. The van der Waals surface area contributed by atoms with Crippen molar-refractivity contribution in [1.82, 2.24) is 5.32 Å². The Morgan fingerprint density at radius 2 is 1.95 bits per heavy atom. The van der Waals surface area contributed by atoms with Gasteiger partial charge < -0.3 is 4.74 Å². The van der Waals surface area contributed by atoms with Crippen molar-refractivity contribution in [3.63, 3.8) is 0 Å². The van der Waals surface area contributed by atoms with Crippen molar-refractivity contribution in [2.24, 2.45) is 5.92 Å². The van der Waals surface area contributed by atoms with Gasteiger partial charge in [-0.1, -0.05) is 31.2 Å². The molecule has 1 aliphatic rings. The van der Waals surface area contributed by atoms with E-state index in [1.165, 1.54) is 18.4 Å². The minimum Gasteiger partial charge on any atom is -0.464 e. The molecule has 1 unspecified atom stereocenters. The van der Waals surface area contributed by atoms with Gasteiger partial charge in [0.1, 0.15) is 5.54 Å². The summed E-state index contributed by atoms with van der Waals surface area (Å²) < 4.78 is 5.27. The maximum absolute atomic E-state index is 12.4. The van der Waals surface area contributed by atoms with E-state index in [1.54, 1.807) is 0 Å². The molecule has 0 bridgehead atoms. The van der Waals surface area contributed by atoms with E-state index in [0.717, 1.165) is 24.4 Å². The largest absolute Gasteiger partial charge is 0.464 e. The van der Waals surface area contributed by atoms with Crippen LogP contribution < -0.4 is 5.32 Å². The van der Waals surface area contributed by atoms with Gasteiger partial charge >= 0.3 is 5.97 Å².